The molecule has 10 nitrogen and oxygen atoms in total. The third-order valence-corrected chi connectivity index (χ3v) is 6.04. The van der Waals surface area contributed by atoms with Gasteiger partial charge in [0.05, 0.1) is 13.2 Å². The molecule has 10 heteroatoms. The minimum Gasteiger partial charge on any atom is -0.496 e. The van der Waals surface area contributed by atoms with E-state index in [1.54, 1.807) is 46.1 Å². The first-order valence-corrected chi connectivity index (χ1v) is 11.2. The number of carbonyl (C=O) groups is 4. The zero-order valence-electron chi connectivity index (χ0n) is 19.9. The molecular formula is C24H32N4O6. The largest absolute Gasteiger partial charge is 0.496 e. The van der Waals surface area contributed by atoms with Gasteiger partial charge in [-0.2, -0.15) is 0 Å². The van der Waals surface area contributed by atoms with E-state index in [0.29, 0.717) is 24.2 Å². The summed E-state index contributed by atoms with van der Waals surface area (Å²) in [5.41, 5.74) is 0.276. The second-order valence-electron chi connectivity index (χ2n) is 9.57. The topological polar surface area (TPSA) is 150 Å². The number of methoxy groups -OCH3 is 1. The smallest absolute Gasteiger partial charge is 0.268 e. The highest BCUT2D eigenvalue weighted by Crippen LogP contribution is 2.27. The molecule has 1 aliphatic rings. The number of rotatable bonds is 9. The first-order valence-electron chi connectivity index (χ1n) is 11.2. The average Bonchev–Trinajstić information content (AvgIpc) is 3.41. The van der Waals surface area contributed by atoms with Gasteiger partial charge in [-0.3, -0.25) is 19.2 Å². The number of H-pyrrole nitrogens is 1. The number of hydrogen-bond donors (Lipinski definition) is 5. The summed E-state index contributed by atoms with van der Waals surface area (Å²) in [6.07, 6.45) is 0.636. The fourth-order valence-corrected chi connectivity index (χ4v) is 4.10. The minimum atomic E-state index is -1.04. The van der Waals surface area contributed by atoms with Crippen molar-refractivity contribution in [3.63, 3.8) is 0 Å². The molecule has 0 radical (unpaired) electrons. The lowest BCUT2D eigenvalue weighted by molar-refractivity contribution is -0.132. The molecule has 1 fully saturated rings. The van der Waals surface area contributed by atoms with E-state index in [2.05, 4.69) is 20.9 Å². The number of Topliss-reactive ketones (excluding diaryl/α,β-unsaturated/α-hetero) is 1. The van der Waals surface area contributed by atoms with Crippen molar-refractivity contribution in [2.45, 2.75) is 45.7 Å². The quantitative estimate of drug-likeness (QED) is 0.366. The van der Waals surface area contributed by atoms with E-state index in [-0.39, 0.29) is 18.0 Å². The molecule has 0 unspecified atom stereocenters. The molecule has 3 atom stereocenters. The number of nitrogens with one attached hydrogen (secondary N) is 4. The van der Waals surface area contributed by atoms with Crippen LogP contribution in [0.25, 0.3) is 10.9 Å². The van der Waals surface area contributed by atoms with Crippen LogP contribution in [-0.2, 0) is 14.4 Å². The van der Waals surface area contributed by atoms with Crippen LogP contribution in [0.5, 0.6) is 5.75 Å². The first kappa shape index (κ1) is 25.2. The van der Waals surface area contributed by atoms with E-state index < -0.39 is 47.6 Å². The number of ether oxygens (including phenoxy) is 1. The Morgan fingerprint density at radius 1 is 1.24 bits per heavy atom. The molecule has 3 rings (SSSR count). The Balaban J connectivity index is 1.79. The van der Waals surface area contributed by atoms with Crippen LogP contribution >= 0.6 is 0 Å². The molecule has 1 saturated heterocycles. The lowest BCUT2D eigenvalue weighted by atomic mass is 9.85. The Bertz CT molecular complexity index is 1090. The van der Waals surface area contributed by atoms with Gasteiger partial charge in [0.25, 0.3) is 5.91 Å². The van der Waals surface area contributed by atoms with Gasteiger partial charge in [0.15, 0.2) is 5.78 Å². The van der Waals surface area contributed by atoms with Gasteiger partial charge in [-0.1, -0.05) is 26.8 Å². The number of benzene rings is 1. The molecule has 0 spiro atoms. The van der Waals surface area contributed by atoms with Gasteiger partial charge in [0.2, 0.25) is 11.8 Å². The monoisotopic (exact) mass is 472 g/mol. The van der Waals surface area contributed by atoms with Crippen LogP contribution in [0.2, 0.25) is 0 Å². The molecule has 184 valence electrons. The highest BCUT2D eigenvalue weighted by Gasteiger charge is 2.37. The standard InChI is InChI=1S/C24H32N4O6/c1-24(2,3)20(23(33)27-16(18(30)12-29)10-13-8-9-25-21(13)31)28-22(32)17-11-14-15(26-17)6-5-7-19(14)34-4/h5-7,11,13,16,20,26,29H,8-10,12H2,1-4H3,(H,25,31)(H,27,33)(H,28,32)/t13-,16-,20+/m0/s1. The van der Waals surface area contributed by atoms with Crippen molar-refractivity contribution in [1.82, 2.24) is 20.9 Å². The molecule has 3 amide bonds. The maximum absolute atomic E-state index is 13.2. The number of hydrogen-bond acceptors (Lipinski definition) is 6. The van der Waals surface area contributed by atoms with Crippen LogP contribution in [0.15, 0.2) is 24.3 Å². The van der Waals surface area contributed by atoms with Gasteiger partial charge >= 0.3 is 0 Å². The summed E-state index contributed by atoms with van der Waals surface area (Å²) < 4.78 is 5.34. The number of carbonyl (C=O) groups excluding carboxylic acids is 4. The Morgan fingerprint density at radius 3 is 2.56 bits per heavy atom. The van der Waals surface area contributed by atoms with Gasteiger partial charge in [0.1, 0.15) is 24.1 Å². The predicted molar refractivity (Wildman–Crippen MR) is 125 cm³/mol. The molecular weight excluding hydrogens is 440 g/mol. The van der Waals surface area contributed by atoms with Crippen LogP contribution < -0.4 is 20.7 Å². The molecule has 0 saturated carbocycles. The van der Waals surface area contributed by atoms with E-state index in [0.717, 1.165) is 5.39 Å². The van der Waals surface area contributed by atoms with Crippen LogP contribution in [0.3, 0.4) is 0 Å². The maximum Gasteiger partial charge on any atom is 0.268 e. The molecule has 5 N–H and O–H groups in total. The zero-order chi connectivity index (χ0) is 25.0. The second-order valence-corrected chi connectivity index (χ2v) is 9.57. The summed E-state index contributed by atoms with van der Waals surface area (Å²) >= 11 is 0. The van der Waals surface area contributed by atoms with Crippen molar-refractivity contribution in [2.75, 3.05) is 20.3 Å². The highest BCUT2D eigenvalue weighted by atomic mass is 16.5. The fourth-order valence-electron chi connectivity index (χ4n) is 4.10. The van der Waals surface area contributed by atoms with E-state index in [1.165, 1.54) is 0 Å². The summed E-state index contributed by atoms with van der Waals surface area (Å²) in [6, 6.07) is 5.02. The van der Waals surface area contributed by atoms with E-state index in [9.17, 15) is 24.3 Å². The Kier molecular flexibility index (Phi) is 7.61. The van der Waals surface area contributed by atoms with Crippen LogP contribution in [0.4, 0.5) is 0 Å². The zero-order valence-corrected chi connectivity index (χ0v) is 19.9. The Morgan fingerprint density at radius 2 is 1.97 bits per heavy atom. The SMILES string of the molecule is COc1cccc2[nH]c(C(=O)N[C@H](C(=O)N[C@@H](C[C@@H]3CCNC3=O)C(=O)CO)C(C)(C)C)cc12. The van der Waals surface area contributed by atoms with Crippen LogP contribution in [0.1, 0.15) is 44.1 Å². The van der Waals surface area contributed by atoms with Crippen molar-refractivity contribution in [2.24, 2.45) is 11.3 Å². The molecule has 1 aromatic carbocycles. The summed E-state index contributed by atoms with van der Waals surface area (Å²) in [5, 5.41) is 18.2. The van der Waals surface area contributed by atoms with Gasteiger partial charge in [0, 0.05) is 23.4 Å². The Labute approximate surface area is 197 Å². The third kappa shape index (κ3) is 5.56. The van der Waals surface area contributed by atoms with Crippen molar-refractivity contribution in [1.29, 1.82) is 0 Å². The number of amides is 3. The minimum absolute atomic E-state index is 0.0869. The van der Waals surface area contributed by atoms with Crippen molar-refractivity contribution in [3.05, 3.63) is 30.0 Å². The lowest BCUT2D eigenvalue weighted by Gasteiger charge is -2.32. The van der Waals surface area contributed by atoms with Gasteiger partial charge in [-0.05, 0) is 36.5 Å². The van der Waals surface area contributed by atoms with E-state index in [1.807, 2.05) is 6.07 Å². The number of aromatic nitrogens is 1. The summed E-state index contributed by atoms with van der Waals surface area (Å²) in [5.74, 6) is -1.65. The van der Waals surface area contributed by atoms with Gasteiger partial charge in [-0.25, -0.2) is 0 Å². The first-order chi connectivity index (χ1) is 16.0. The van der Waals surface area contributed by atoms with Gasteiger partial charge in [-0.15, -0.1) is 0 Å². The number of ketones is 1. The molecule has 0 bridgehead atoms. The van der Waals surface area contributed by atoms with E-state index in [4.69, 9.17) is 4.74 Å². The second kappa shape index (κ2) is 10.3. The van der Waals surface area contributed by atoms with Crippen molar-refractivity contribution < 1.29 is 29.0 Å². The van der Waals surface area contributed by atoms with Crippen molar-refractivity contribution in [3.8, 4) is 5.75 Å². The molecule has 0 aliphatic carbocycles. The number of aliphatic hydroxyl groups excluding tert-OH is 1. The third-order valence-electron chi connectivity index (χ3n) is 6.04. The fraction of sp³-hybridized carbons (Fsp3) is 0.500. The molecule has 1 aromatic heterocycles. The maximum atomic E-state index is 13.2. The summed E-state index contributed by atoms with van der Waals surface area (Å²) in [7, 11) is 1.54. The number of aliphatic hydroxyl groups is 1. The lowest BCUT2D eigenvalue weighted by Crippen LogP contribution is -2.57. The number of fused-ring (bicyclic) bond motifs is 1. The van der Waals surface area contributed by atoms with E-state index >= 15 is 0 Å². The summed E-state index contributed by atoms with van der Waals surface area (Å²) in [6.45, 7) is 5.12. The Hall–Kier alpha value is -3.40. The molecule has 2 heterocycles. The number of aromatic amines is 1. The predicted octanol–water partition coefficient (Wildman–Crippen LogP) is 0.893. The van der Waals surface area contributed by atoms with Gasteiger partial charge < -0.3 is 30.8 Å². The normalized spacial score (nSPS) is 17.7. The molecule has 2 aromatic rings. The van der Waals surface area contributed by atoms with Crippen LogP contribution in [0, 0.1) is 11.3 Å². The van der Waals surface area contributed by atoms with Crippen molar-refractivity contribution >= 4 is 34.4 Å². The average molecular weight is 473 g/mol. The molecule has 34 heavy (non-hydrogen) atoms. The summed E-state index contributed by atoms with van der Waals surface area (Å²) in [4.78, 5) is 53.6. The van der Waals surface area contributed by atoms with Crippen LogP contribution in [-0.4, -0.2) is 65.9 Å². The highest BCUT2D eigenvalue weighted by molar-refractivity contribution is 6.02. The molecule has 1 aliphatic heterocycles.